The lowest BCUT2D eigenvalue weighted by Gasteiger charge is -2.13. The van der Waals surface area contributed by atoms with Gasteiger partial charge in [-0.3, -0.25) is 4.68 Å². The minimum absolute atomic E-state index is 0.112. The molecule has 2 rings (SSSR count). The lowest BCUT2D eigenvalue weighted by atomic mass is 10.0. The summed E-state index contributed by atoms with van der Waals surface area (Å²) in [5.41, 5.74) is 2.22. The molecule has 0 spiro atoms. The summed E-state index contributed by atoms with van der Waals surface area (Å²) in [6.45, 7) is 3.90. The summed E-state index contributed by atoms with van der Waals surface area (Å²) in [5, 5.41) is 13.5. The summed E-state index contributed by atoms with van der Waals surface area (Å²) in [6, 6.07) is 6.40. The van der Waals surface area contributed by atoms with Gasteiger partial charge in [0, 0.05) is 17.8 Å². The number of aromatic nitrogens is 2. The van der Waals surface area contributed by atoms with Gasteiger partial charge in [0.2, 0.25) is 0 Å². The van der Waals surface area contributed by atoms with Crippen LogP contribution < -0.4 is 0 Å². The van der Waals surface area contributed by atoms with Gasteiger partial charge in [0.25, 0.3) is 0 Å². The fraction of sp³-hybridized carbons (Fsp3) is 0.308. The van der Waals surface area contributed by atoms with Gasteiger partial charge < -0.3 is 5.11 Å². The van der Waals surface area contributed by atoms with Crippen molar-refractivity contribution in [1.82, 2.24) is 9.78 Å². The second kappa shape index (κ2) is 4.67. The molecular weight excluding hydrogens is 219 g/mol. The largest absolute Gasteiger partial charge is 0.392 e. The molecule has 90 valence electrons. The minimum Gasteiger partial charge on any atom is -0.392 e. The Morgan fingerprint density at radius 2 is 2.12 bits per heavy atom. The van der Waals surface area contributed by atoms with E-state index in [-0.39, 0.29) is 18.5 Å². The van der Waals surface area contributed by atoms with Crippen molar-refractivity contribution in [2.45, 2.75) is 26.5 Å². The van der Waals surface area contributed by atoms with Crippen LogP contribution in [0.1, 0.15) is 25.5 Å². The number of hydrogen-bond donors (Lipinski definition) is 1. The second-order valence-corrected chi connectivity index (χ2v) is 4.21. The number of nitrogens with zero attached hydrogens (tertiary/aromatic N) is 2. The predicted molar refractivity (Wildman–Crippen MR) is 63.9 cm³/mol. The van der Waals surface area contributed by atoms with E-state index < -0.39 is 0 Å². The van der Waals surface area contributed by atoms with E-state index in [4.69, 9.17) is 0 Å². The van der Waals surface area contributed by atoms with Gasteiger partial charge in [-0.05, 0) is 37.6 Å². The van der Waals surface area contributed by atoms with Gasteiger partial charge in [0.05, 0.1) is 12.3 Å². The van der Waals surface area contributed by atoms with Gasteiger partial charge in [-0.1, -0.05) is 6.07 Å². The molecule has 0 radical (unpaired) electrons. The molecule has 1 heterocycles. The Kier molecular flexibility index (Phi) is 3.24. The van der Waals surface area contributed by atoms with Crippen molar-refractivity contribution >= 4 is 0 Å². The highest BCUT2D eigenvalue weighted by Crippen LogP contribution is 2.26. The van der Waals surface area contributed by atoms with Crippen LogP contribution in [0.4, 0.5) is 4.39 Å². The van der Waals surface area contributed by atoms with E-state index in [1.165, 1.54) is 12.1 Å². The van der Waals surface area contributed by atoms with Gasteiger partial charge in [0.15, 0.2) is 0 Å². The number of aliphatic hydroxyl groups is 1. The van der Waals surface area contributed by atoms with E-state index in [0.717, 1.165) is 5.69 Å². The highest BCUT2D eigenvalue weighted by atomic mass is 19.1. The average Bonchev–Trinajstić information content (AvgIpc) is 2.77. The number of rotatable bonds is 3. The van der Waals surface area contributed by atoms with Crippen LogP contribution in [-0.2, 0) is 6.61 Å². The van der Waals surface area contributed by atoms with Crippen molar-refractivity contribution in [2.24, 2.45) is 0 Å². The van der Waals surface area contributed by atoms with E-state index >= 15 is 0 Å². The number of halogens is 1. The molecule has 2 aromatic rings. The van der Waals surface area contributed by atoms with Gasteiger partial charge in [-0.2, -0.15) is 5.10 Å². The standard InChI is InChI=1S/C13H15FN2O/c1-9(2)16-13(5-6-15-16)12-7-11(14)4-3-10(12)8-17/h3-7,9,17H,8H2,1-2H3. The van der Waals surface area contributed by atoms with Crippen LogP contribution in [0.25, 0.3) is 11.3 Å². The third-order valence-electron chi connectivity index (χ3n) is 2.68. The molecule has 0 bridgehead atoms. The molecule has 0 saturated carbocycles. The van der Waals surface area contributed by atoms with Crippen LogP contribution in [0.3, 0.4) is 0 Å². The Hall–Kier alpha value is -1.68. The van der Waals surface area contributed by atoms with Gasteiger partial charge in [0.1, 0.15) is 5.82 Å². The molecule has 4 heteroatoms. The molecular formula is C13H15FN2O. The third-order valence-corrected chi connectivity index (χ3v) is 2.68. The topological polar surface area (TPSA) is 38.0 Å². The summed E-state index contributed by atoms with van der Waals surface area (Å²) < 4.78 is 15.1. The van der Waals surface area contributed by atoms with Crippen LogP contribution >= 0.6 is 0 Å². The highest BCUT2D eigenvalue weighted by molar-refractivity contribution is 5.64. The van der Waals surface area contributed by atoms with E-state index in [9.17, 15) is 9.50 Å². The maximum atomic E-state index is 13.3. The van der Waals surface area contributed by atoms with Crippen molar-refractivity contribution in [3.05, 3.63) is 41.8 Å². The Labute approximate surface area is 99.5 Å². The van der Waals surface area contributed by atoms with Gasteiger partial charge >= 0.3 is 0 Å². The number of benzene rings is 1. The maximum absolute atomic E-state index is 13.3. The minimum atomic E-state index is -0.311. The van der Waals surface area contributed by atoms with Crippen molar-refractivity contribution in [2.75, 3.05) is 0 Å². The van der Waals surface area contributed by atoms with Crippen molar-refractivity contribution < 1.29 is 9.50 Å². The molecule has 1 aromatic heterocycles. The zero-order valence-corrected chi connectivity index (χ0v) is 9.89. The van der Waals surface area contributed by atoms with Crippen LogP contribution in [-0.4, -0.2) is 14.9 Å². The van der Waals surface area contributed by atoms with Crippen LogP contribution in [0.5, 0.6) is 0 Å². The molecule has 0 amide bonds. The quantitative estimate of drug-likeness (QED) is 0.886. The third kappa shape index (κ3) is 2.22. The lowest BCUT2D eigenvalue weighted by molar-refractivity contribution is 0.282. The molecule has 0 saturated heterocycles. The molecule has 0 unspecified atom stereocenters. The lowest BCUT2D eigenvalue weighted by Crippen LogP contribution is -2.05. The average molecular weight is 234 g/mol. The molecule has 0 aliphatic carbocycles. The monoisotopic (exact) mass is 234 g/mol. The molecule has 0 fully saturated rings. The summed E-state index contributed by atoms with van der Waals surface area (Å²) >= 11 is 0. The van der Waals surface area contributed by atoms with Gasteiger partial charge in [-0.15, -0.1) is 0 Å². The van der Waals surface area contributed by atoms with Crippen LogP contribution in [0, 0.1) is 5.82 Å². The van der Waals surface area contributed by atoms with Crippen LogP contribution in [0.2, 0.25) is 0 Å². The molecule has 0 atom stereocenters. The Morgan fingerprint density at radius 1 is 1.35 bits per heavy atom. The predicted octanol–water partition coefficient (Wildman–Crippen LogP) is 2.76. The van der Waals surface area contributed by atoms with Crippen LogP contribution in [0.15, 0.2) is 30.5 Å². The first kappa shape index (κ1) is 11.8. The summed E-state index contributed by atoms with van der Waals surface area (Å²) in [5.74, 6) is -0.311. The Bertz CT molecular complexity index is 520. The Morgan fingerprint density at radius 3 is 2.76 bits per heavy atom. The fourth-order valence-electron chi connectivity index (χ4n) is 1.86. The molecule has 0 aliphatic rings. The maximum Gasteiger partial charge on any atom is 0.123 e. The smallest absolute Gasteiger partial charge is 0.123 e. The van der Waals surface area contributed by atoms with Crippen molar-refractivity contribution in [3.8, 4) is 11.3 Å². The number of hydrogen-bond acceptors (Lipinski definition) is 2. The normalized spacial score (nSPS) is 11.1. The van der Waals surface area contributed by atoms with E-state index in [2.05, 4.69) is 5.10 Å². The Balaban J connectivity index is 2.59. The van der Waals surface area contributed by atoms with Crippen molar-refractivity contribution in [3.63, 3.8) is 0 Å². The van der Waals surface area contributed by atoms with Crippen molar-refractivity contribution in [1.29, 1.82) is 0 Å². The first-order chi connectivity index (χ1) is 8.13. The molecule has 1 N–H and O–H groups in total. The summed E-state index contributed by atoms with van der Waals surface area (Å²) in [7, 11) is 0. The zero-order chi connectivity index (χ0) is 12.4. The van der Waals surface area contributed by atoms with Gasteiger partial charge in [-0.25, -0.2) is 4.39 Å². The van der Waals surface area contributed by atoms with E-state index in [1.54, 1.807) is 12.3 Å². The first-order valence-corrected chi connectivity index (χ1v) is 5.56. The zero-order valence-electron chi connectivity index (χ0n) is 9.89. The first-order valence-electron chi connectivity index (χ1n) is 5.56. The molecule has 3 nitrogen and oxygen atoms in total. The SMILES string of the molecule is CC(C)n1nccc1-c1cc(F)ccc1CO. The summed E-state index contributed by atoms with van der Waals surface area (Å²) in [4.78, 5) is 0. The van der Waals surface area contributed by atoms with E-state index in [1.807, 2.05) is 24.6 Å². The number of aliphatic hydroxyl groups excluding tert-OH is 1. The summed E-state index contributed by atoms with van der Waals surface area (Å²) in [6.07, 6.45) is 1.68. The molecule has 0 aliphatic heterocycles. The second-order valence-electron chi connectivity index (χ2n) is 4.21. The molecule has 1 aromatic carbocycles. The fourth-order valence-corrected chi connectivity index (χ4v) is 1.86. The highest BCUT2D eigenvalue weighted by Gasteiger charge is 2.12. The molecule has 17 heavy (non-hydrogen) atoms. The van der Waals surface area contributed by atoms with E-state index in [0.29, 0.717) is 11.1 Å².